The van der Waals surface area contributed by atoms with Crippen LogP contribution in [0.15, 0.2) is 54.6 Å². The minimum Gasteiger partial charge on any atom is -0.618 e. The van der Waals surface area contributed by atoms with E-state index in [1.807, 2.05) is 18.2 Å². The van der Waals surface area contributed by atoms with Crippen molar-refractivity contribution in [2.24, 2.45) is 0 Å². The molecule has 90 valence electrons. The van der Waals surface area contributed by atoms with Crippen LogP contribution in [-0.2, 0) is 0 Å². The van der Waals surface area contributed by atoms with Crippen LogP contribution < -0.4 is 0 Å². The van der Waals surface area contributed by atoms with E-state index in [9.17, 15) is 15.3 Å². The van der Waals surface area contributed by atoms with Crippen molar-refractivity contribution in [2.75, 3.05) is 0 Å². The maximum atomic E-state index is 11.8. The van der Waals surface area contributed by atoms with Gasteiger partial charge in [0.1, 0.15) is 0 Å². The standard InChI is InChI=1S/C13H10N2O3/c16-14(10-11-4-2-1-3-5-11)12-6-8-13(9-7-12)15(17)18/h1-10H. The maximum Gasteiger partial charge on any atom is 0.269 e. The summed E-state index contributed by atoms with van der Waals surface area (Å²) in [4.78, 5) is 9.98. The van der Waals surface area contributed by atoms with Gasteiger partial charge in [0.15, 0.2) is 6.21 Å². The molecule has 0 radical (unpaired) electrons. The first kappa shape index (κ1) is 11.8. The van der Waals surface area contributed by atoms with E-state index in [-0.39, 0.29) is 5.69 Å². The lowest BCUT2D eigenvalue weighted by Crippen LogP contribution is -1.98. The smallest absolute Gasteiger partial charge is 0.269 e. The van der Waals surface area contributed by atoms with Gasteiger partial charge in [0.05, 0.1) is 4.92 Å². The molecule has 0 spiro atoms. The van der Waals surface area contributed by atoms with Gasteiger partial charge in [-0.25, -0.2) is 0 Å². The minimum atomic E-state index is -0.500. The van der Waals surface area contributed by atoms with Crippen molar-refractivity contribution in [2.45, 2.75) is 0 Å². The van der Waals surface area contributed by atoms with Crippen molar-refractivity contribution < 1.29 is 9.66 Å². The number of nitro benzene ring substituents is 1. The molecule has 0 amide bonds. The molecule has 0 bridgehead atoms. The molecule has 2 aromatic carbocycles. The lowest BCUT2D eigenvalue weighted by atomic mass is 10.2. The summed E-state index contributed by atoms with van der Waals surface area (Å²) < 4.78 is 0.680. The maximum absolute atomic E-state index is 11.8. The Hall–Kier alpha value is -2.69. The highest BCUT2D eigenvalue weighted by Gasteiger charge is 2.07. The van der Waals surface area contributed by atoms with Gasteiger partial charge in [-0.2, -0.15) is 4.74 Å². The summed E-state index contributed by atoms with van der Waals surface area (Å²) in [5.41, 5.74) is 1.09. The average Bonchev–Trinajstić information content (AvgIpc) is 2.40. The van der Waals surface area contributed by atoms with Gasteiger partial charge in [-0.15, -0.1) is 0 Å². The highest BCUT2D eigenvalue weighted by molar-refractivity contribution is 5.76. The van der Waals surface area contributed by atoms with Gasteiger partial charge in [-0.05, 0) is 12.1 Å². The zero-order valence-corrected chi connectivity index (χ0v) is 9.39. The van der Waals surface area contributed by atoms with Crippen molar-refractivity contribution in [1.29, 1.82) is 0 Å². The number of non-ortho nitro benzene ring substituents is 1. The first-order valence-electron chi connectivity index (χ1n) is 5.27. The molecule has 0 heterocycles. The molecule has 0 fully saturated rings. The van der Waals surface area contributed by atoms with Gasteiger partial charge in [0.2, 0.25) is 5.69 Å². The highest BCUT2D eigenvalue weighted by Crippen LogP contribution is 2.17. The van der Waals surface area contributed by atoms with Gasteiger partial charge in [-0.1, -0.05) is 18.2 Å². The number of benzene rings is 2. The molecule has 0 saturated heterocycles. The molecule has 18 heavy (non-hydrogen) atoms. The van der Waals surface area contributed by atoms with Gasteiger partial charge in [0.25, 0.3) is 5.69 Å². The second kappa shape index (κ2) is 5.09. The van der Waals surface area contributed by atoms with Crippen molar-refractivity contribution in [3.63, 3.8) is 0 Å². The van der Waals surface area contributed by atoms with Gasteiger partial charge in [0, 0.05) is 29.8 Å². The Morgan fingerprint density at radius 1 is 0.833 bits per heavy atom. The Bertz CT molecular complexity index is 577. The molecular formula is C13H10N2O3. The fraction of sp³-hybridized carbons (Fsp3) is 0. The van der Waals surface area contributed by atoms with Crippen molar-refractivity contribution in [1.82, 2.24) is 0 Å². The Labute approximate surface area is 103 Å². The molecule has 0 unspecified atom stereocenters. The van der Waals surface area contributed by atoms with Crippen LogP contribution in [-0.4, -0.2) is 15.9 Å². The van der Waals surface area contributed by atoms with E-state index in [1.54, 1.807) is 12.1 Å². The van der Waals surface area contributed by atoms with Crippen LogP contribution in [0.4, 0.5) is 11.4 Å². The number of nitro groups is 1. The number of hydrogen-bond acceptors (Lipinski definition) is 3. The monoisotopic (exact) mass is 242 g/mol. The Morgan fingerprint density at radius 2 is 1.39 bits per heavy atom. The quantitative estimate of drug-likeness (QED) is 0.273. The molecule has 0 aliphatic rings. The van der Waals surface area contributed by atoms with Crippen molar-refractivity contribution >= 4 is 17.6 Å². The van der Waals surface area contributed by atoms with Crippen LogP contribution in [0.5, 0.6) is 0 Å². The molecule has 0 aliphatic carbocycles. The third-order valence-electron chi connectivity index (χ3n) is 2.38. The summed E-state index contributed by atoms with van der Waals surface area (Å²) in [6.45, 7) is 0. The molecule has 5 heteroatoms. The zero-order chi connectivity index (χ0) is 13.0. The summed E-state index contributed by atoms with van der Waals surface area (Å²) in [6, 6.07) is 14.6. The SMILES string of the molecule is O=[N+]([O-])c1ccc([N+]([O-])=Cc2ccccc2)cc1. The van der Waals surface area contributed by atoms with Crippen LogP contribution in [0, 0.1) is 15.3 Å². The Morgan fingerprint density at radius 3 is 1.94 bits per heavy atom. The number of nitrogens with zero attached hydrogens (tertiary/aromatic N) is 2. The van der Waals surface area contributed by atoms with E-state index in [1.165, 1.54) is 30.5 Å². The average molecular weight is 242 g/mol. The van der Waals surface area contributed by atoms with Gasteiger partial charge < -0.3 is 5.21 Å². The van der Waals surface area contributed by atoms with Gasteiger partial charge in [-0.3, -0.25) is 10.1 Å². The van der Waals surface area contributed by atoms with Crippen LogP contribution in [0.2, 0.25) is 0 Å². The van der Waals surface area contributed by atoms with Crippen LogP contribution in [0.1, 0.15) is 5.56 Å². The summed E-state index contributed by atoms with van der Waals surface area (Å²) in [5.74, 6) is 0. The molecule has 0 N–H and O–H groups in total. The van der Waals surface area contributed by atoms with Gasteiger partial charge >= 0.3 is 0 Å². The summed E-state index contributed by atoms with van der Waals surface area (Å²) in [6.07, 6.45) is 1.42. The van der Waals surface area contributed by atoms with E-state index in [0.717, 1.165) is 5.56 Å². The second-order valence-electron chi connectivity index (χ2n) is 3.64. The third-order valence-corrected chi connectivity index (χ3v) is 2.38. The summed E-state index contributed by atoms with van der Waals surface area (Å²) >= 11 is 0. The van der Waals surface area contributed by atoms with Crippen molar-refractivity contribution in [3.05, 3.63) is 75.5 Å². The minimum absolute atomic E-state index is 0.0353. The first-order chi connectivity index (χ1) is 8.66. The predicted molar refractivity (Wildman–Crippen MR) is 68.0 cm³/mol. The summed E-state index contributed by atoms with van der Waals surface area (Å²) in [5, 5.41) is 22.3. The predicted octanol–water partition coefficient (Wildman–Crippen LogP) is 2.86. The van der Waals surface area contributed by atoms with E-state index >= 15 is 0 Å². The van der Waals surface area contributed by atoms with E-state index in [4.69, 9.17) is 0 Å². The van der Waals surface area contributed by atoms with Crippen LogP contribution in [0.3, 0.4) is 0 Å². The summed E-state index contributed by atoms with van der Waals surface area (Å²) in [7, 11) is 0. The van der Waals surface area contributed by atoms with E-state index in [0.29, 0.717) is 10.4 Å². The fourth-order valence-electron chi connectivity index (χ4n) is 1.47. The lowest BCUT2D eigenvalue weighted by molar-refractivity contribution is -0.385. The second-order valence-corrected chi connectivity index (χ2v) is 3.64. The third kappa shape index (κ3) is 2.70. The largest absolute Gasteiger partial charge is 0.618 e. The van der Waals surface area contributed by atoms with Crippen LogP contribution >= 0.6 is 0 Å². The number of hydrogen-bond donors (Lipinski definition) is 0. The molecule has 2 aromatic rings. The zero-order valence-electron chi connectivity index (χ0n) is 9.39. The van der Waals surface area contributed by atoms with E-state index in [2.05, 4.69) is 0 Å². The fourth-order valence-corrected chi connectivity index (χ4v) is 1.47. The van der Waals surface area contributed by atoms with Crippen LogP contribution in [0.25, 0.3) is 0 Å². The molecule has 0 aromatic heterocycles. The molecule has 5 nitrogen and oxygen atoms in total. The highest BCUT2D eigenvalue weighted by atomic mass is 16.6. The number of rotatable bonds is 3. The Balaban J connectivity index is 2.26. The molecule has 2 rings (SSSR count). The topological polar surface area (TPSA) is 69.2 Å². The van der Waals surface area contributed by atoms with Crippen molar-refractivity contribution in [3.8, 4) is 0 Å². The molecule has 0 aliphatic heterocycles. The van der Waals surface area contributed by atoms with E-state index < -0.39 is 4.92 Å². The molecular weight excluding hydrogens is 232 g/mol. The lowest BCUT2D eigenvalue weighted by Gasteiger charge is -2.02. The normalized spacial score (nSPS) is 11.2. The Kier molecular flexibility index (Phi) is 3.33. The first-order valence-corrected chi connectivity index (χ1v) is 5.27. The molecule has 0 atom stereocenters. The molecule has 0 saturated carbocycles.